The third-order valence-corrected chi connectivity index (χ3v) is 3.34. The van der Waals surface area contributed by atoms with Crippen molar-refractivity contribution in [2.24, 2.45) is 5.92 Å². The summed E-state index contributed by atoms with van der Waals surface area (Å²) < 4.78 is 26.8. The summed E-state index contributed by atoms with van der Waals surface area (Å²) in [7, 11) is 0. The van der Waals surface area contributed by atoms with Crippen LogP contribution in [0.15, 0.2) is 12.1 Å². The van der Waals surface area contributed by atoms with E-state index in [1.807, 2.05) is 13.8 Å². The summed E-state index contributed by atoms with van der Waals surface area (Å²) in [5.74, 6) is -1.82. The molecule has 98 valence electrons. The Balaban J connectivity index is 2.23. The number of amides is 1. The number of hydrogen-bond acceptors (Lipinski definition) is 2. The zero-order chi connectivity index (χ0) is 13.5. The average Bonchev–Trinajstić information content (AvgIpc) is 3.06. The molecule has 1 aliphatic carbocycles. The number of hydrogen-bond donors (Lipinski definition) is 2. The molecule has 1 amide bonds. The molecular formula is C13H16F2N2O. The number of carbonyl (C=O) groups is 1. The zero-order valence-electron chi connectivity index (χ0n) is 10.4. The molecule has 0 saturated heterocycles. The Morgan fingerprint density at radius 2 is 2.00 bits per heavy atom. The van der Waals surface area contributed by atoms with Crippen LogP contribution in [0.2, 0.25) is 0 Å². The van der Waals surface area contributed by atoms with E-state index >= 15 is 0 Å². The molecular weight excluding hydrogens is 238 g/mol. The lowest BCUT2D eigenvalue weighted by Crippen LogP contribution is -2.45. The van der Waals surface area contributed by atoms with Crippen molar-refractivity contribution in [2.75, 3.05) is 5.73 Å². The second-order valence-electron chi connectivity index (χ2n) is 5.31. The highest BCUT2D eigenvalue weighted by molar-refractivity contribution is 5.95. The number of carbonyl (C=O) groups excluding carboxylic acids is 1. The standard InChI is InChI=1S/C13H16F2N2O/c1-13(2,7-3-4-7)17-12(18)9-5-8(14)6-10(16)11(9)15/h5-7H,3-4,16H2,1-2H3,(H,17,18). The van der Waals surface area contributed by atoms with Gasteiger partial charge in [0.15, 0.2) is 5.82 Å². The van der Waals surface area contributed by atoms with Crippen molar-refractivity contribution >= 4 is 11.6 Å². The van der Waals surface area contributed by atoms with Gasteiger partial charge in [0.2, 0.25) is 0 Å². The summed E-state index contributed by atoms with van der Waals surface area (Å²) in [5.41, 5.74) is 4.18. The minimum absolute atomic E-state index is 0.346. The van der Waals surface area contributed by atoms with E-state index in [0.29, 0.717) is 5.92 Å². The maximum atomic E-state index is 13.7. The van der Waals surface area contributed by atoms with Crippen LogP contribution in [0.25, 0.3) is 0 Å². The van der Waals surface area contributed by atoms with Gasteiger partial charge in [-0.15, -0.1) is 0 Å². The number of nitrogens with two attached hydrogens (primary N) is 1. The second kappa shape index (κ2) is 4.23. The maximum Gasteiger partial charge on any atom is 0.254 e. The SMILES string of the molecule is CC(C)(NC(=O)c1cc(F)cc(N)c1F)C1CC1. The largest absolute Gasteiger partial charge is 0.396 e. The van der Waals surface area contributed by atoms with E-state index in [-0.39, 0.29) is 11.3 Å². The number of nitrogen functional groups attached to an aromatic ring is 1. The second-order valence-corrected chi connectivity index (χ2v) is 5.31. The quantitative estimate of drug-likeness (QED) is 0.814. The van der Waals surface area contributed by atoms with Crippen molar-refractivity contribution < 1.29 is 13.6 Å². The van der Waals surface area contributed by atoms with Crippen LogP contribution in [0.1, 0.15) is 37.0 Å². The van der Waals surface area contributed by atoms with Crippen LogP contribution in [0.5, 0.6) is 0 Å². The van der Waals surface area contributed by atoms with Gasteiger partial charge >= 0.3 is 0 Å². The van der Waals surface area contributed by atoms with E-state index in [2.05, 4.69) is 5.32 Å². The summed E-state index contributed by atoms with van der Waals surface area (Å²) >= 11 is 0. The Hall–Kier alpha value is -1.65. The lowest BCUT2D eigenvalue weighted by Gasteiger charge is -2.26. The molecule has 3 nitrogen and oxygen atoms in total. The highest BCUT2D eigenvalue weighted by Gasteiger charge is 2.39. The predicted molar refractivity (Wildman–Crippen MR) is 65.0 cm³/mol. The lowest BCUT2D eigenvalue weighted by atomic mass is 9.98. The Labute approximate surface area is 104 Å². The molecule has 3 N–H and O–H groups in total. The fourth-order valence-corrected chi connectivity index (χ4v) is 2.04. The fourth-order valence-electron chi connectivity index (χ4n) is 2.04. The van der Waals surface area contributed by atoms with Gasteiger partial charge in [0.25, 0.3) is 5.91 Å². The van der Waals surface area contributed by atoms with Gasteiger partial charge in [0.05, 0.1) is 11.3 Å². The molecule has 5 heteroatoms. The van der Waals surface area contributed by atoms with Crippen LogP contribution in [-0.4, -0.2) is 11.4 Å². The van der Waals surface area contributed by atoms with Gasteiger partial charge in [-0.1, -0.05) is 0 Å². The van der Waals surface area contributed by atoms with Crippen LogP contribution in [0.3, 0.4) is 0 Å². The van der Waals surface area contributed by atoms with Crippen LogP contribution in [-0.2, 0) is 0 Å². The van der Waals surface area contributed by atoms with Crippen LogP contribution >= 0.6 is 0 Å². The van der Waals surface area contributed by atoms with Crippen molar-refractivity contribution in [2.45, 2.75) is 32.2 Å². The molecule has 0 radical (unpaired) electrons. The van der Waals surface area contributed by atoms with Crippen LogP contribution in [0.4, 0.5) is 14.5 Å². The molecule has 1 aromatic rings. The third-order valence-electron chi connectivity index (χ3n) is 3.34. The topological polar surface area (TPSA) is 55.1 Å². The smallest absolute Gasteiger partial charge is 0.254 e. The Morgan fingerprint density at radius 1 is 1.39 bits per heavy atom. The predicted octanol–water partition coefficient (Wildman–Crippen LogP) is 2.47. The summed E-state index contributed by atoms with van der Waals surface area (Å²) in [6, 6.07) is 1.72. The summed E-state index contributed by atoms with van der Waals surface area (Å²) in [6.45, 7) is 3.76. The molecule has 0 bridgehead atoms. The first-order chi connectivity index (χ1) is 8.31. The Bertz CT molecular complexity index is 496. The summed E-state index contributed by atoms with van der Waals surface area (Å²) in [4.78, 5) is 11.9. The monoisotopic (exact) mass is 254 g/mol. The van der Waals surface area contributed by atoms with E-state index in [1.165, 1.54) is 0 Å². The minimum Gasteiger partial charge on any atom is -0.396 e. The molecule has 1 fully saturated rings. The zero-order valence-corrected chi connectivity index (χ0v) is 10.4. The first-order valence-electron chi connectivity index (χ1n) is 5.88. The van der Waals surface area contributed by atoms with Crippen molar-refractivity contribution in [1.29, 1.82) is 0 Å². The number of nitrogens with one attached hydrogen (secondary N) is 1. The Kier molecular flexibility index (Phi) is 3.00. The molecule has 0 unspecified atom stereocenters. The average molecular weight is 254 g/mol. The molecule has 1 saturated carbocycles. The molecule has 18 heavy (non-hydrogen) atoms. The van der Waals surface area contributed by atoms with E-state index in [4.69, 9.17) is 5.73 Å². The van der Waals surface area contributed by atoms with E-state index in [1.54, 1.807) is 0 Å². The van der Waals surface area contributed by atoms with Gasteiger partial charge < -0.3 is 11.1 Å². The van der Waals surface area contributed by atoms with E-state index < -0.39 is 23.1 Å². The van der Waals surface area contributed by atoms with Crippen molar-refractivity contribution in [1.82, 2.24) is 5.32 Å². The first kappa shape index (κ1) is 12.8. The highest BCUT2D eigenvalue weighted by Crippen LogP contribution is 2.39. The third kappa shape index (κ3) is 2.44. The lowest BCUT2D eigenvalue weighted by molar-refractivity contribution is 0.0899. The van der Waals surface area contributed by atoms with Crippen LogP contribution in [0, 0.1) is 17.6 Å². The molecule has 0 aliphatic heterocycles. The first-order valence-corrected chi connectivity index (χ1v) is 5.88. The minimum atomic E-state index is -0.875. The number of halogens is 2. The molecule has 0 heterocycles. The van der Waals surface area contributed by atoms with Gasteiger partial charge in [-0.2, -0.15) is 0 Å². The Morgan fingerprint density at radius 3 is 2.56 bits per heavy atom. The fraction of sp³-hybridized carbons (Fsp3) is 0.462. The normalized spacial score (nSPS) is 15.6. The summed E-state index contributed by atoms with van der Waals surface area (Å²) in [6.07, 6.45) is 2.09. The van der Waals surface area contributed by atoms with E-state index in [0.717, 1.165) is 25.0 Å². The highest BCUT2D eigenvalue weighted by atomic mass is 19.1. The number of anilines is 1. The van der Waals surface area contributed by atoms with Gasteiger partial charge in [0.1, 0.15) is 5.82 Å². The summed E-state index contributed by atoms with van der Waals surface area (Å²) in [5, 5.41) is 2.73. The molecule has 0 aromatic heterocycles. The van der Waals surface area contributed by atoms with Gasteiger partial charge in [-0.05, 0) is 44.7 Å². The van der Waals surface area contributed by atoms with Crippen molar-refractivity contribution in [3.8, 4) is 0 Å². The number of benzene rings is 1. The number of rotatable bonds is 3. The molecule has 0 spiro atoms. The molecule has 0 atom stereocenters. The van der Waals surface area contributed by atoms with Gasteiger partial charge in [-0.25, -0.2) is 8.78 Å². The van der Waals surface area contributed by atoms with Gasteiger partial charge in [-0.3, -0.25) is 4.79 Å². The van der Waals surface area contributed by atoms with Crippen molar-refractivity contribution in [3.63, 3.8) is 0 Å². The maximum absolute atomic E-state index is 13.7. The van der Waals surface area contributed by atoms with Gasteiger partial charge in [0, 0.05) is 5.54 Å². The molecule has 1 aromatic carbocycles. The molecule has 1 aliphatic rings. The van der Waals surface area contributed by atoms with Crippen molar-refractivity contribution in [3.05, 3.63) is 29.3 Å². The van der Waals surface area contributed by atoms with Crippen LogP contribution < -0.4 is 11.1 Å². The van der Waals surface area contributed by atoms with E-state index in [9.17, 15) is 13.6 Å². The molecule has 2 rings (SSSR count).